The van der Waals surface area contributed by atoms with Gasteiger partial charge in [0, 0.05) is 11.3 Å². The molecule has 0 radical (unpaired) electrons. The quantitative estimate of drug-likeness (QED) is 0.0326. The first-order valence-corrected chi connectivity index (χ1v) is 17.7. The Kier molecular flexibility index (Phi) is 10.7. The van der Waals surface area contributed by atoms with Crippen LogP contribution in [0.5, 0.6) is 11.5 Å². The van der Waals surface area contributed by atoms with E-state index in [1.807, 2.05) is 31.2 Å². The van der Waals surface area contributed by atoms with Gasteiger partial charge in [-0.3, -0.25) is 14.5 Å². The van der Waals surface area contributed by atoms with Crippen LogP contribution in [0.15, 0.2) is 107 Å². The first kappa shape index (κ1) is 33.9. The highest BCUT2D eigenvalue weighted by molar-refractivity contribution is 8.00. The normalized spacial score (nSPS) is 15.5. The van der Waals surface area contributed by atoms with Crippen molar-refractivity contribution in [1.29, 1.82) is 0 Å². The number of thioether (sulfide) groups is 1. The van der Waals surface area contributed by atoms with Gasteiger partial charge < -0.3 is 14.6 Å². The first-order valence-electron chi connectivity index (χ1n) is 15.8. The van der Waals surface area contributed by atoms with E-state index in [9.17, 15) is 19.1 Å². The number of aromatic nitrogens is 2. The zero-order valence-electron chi connectivity index (χ0n) is 27.0. The topological polar surface area (TPSA) is 102 Å². The van der Waals surface area contributed by atoms with Crippen LogP contribution in [0.3, 0.4) is 0 Å². The van der Waals surface area contributed by atoms with Crippen LogP contribution in [-0.4, -0.2) is 33.6 Å². The molecule has 1 aliphatic rings. The molecule has 6 rings (SSSR count). The van der Waals surface area contributed by atoms with Gasteiger partial charge in [0.2, 0.25) is 5.13 Å². The van der Waals surface area contributed by atoms with Crippen molar-refractivity contribution < 1.29 is 28.6 Å². The molecule has 1 amide bonds. The maximum Gasteiger partial charge on any atom is 0.301 e. The van der Waals surface area contributed by atoms with Crippen LogP contribution in [0.4, 0.5) is 9.52 Å². The predicted octanol–water partition coefficient (Wildman–Crippen LogP) is 8.66. The van der Waals surface area contributed by atoms with Crippen molar-refractivity contribution in [3.8, 4) is 11.5 Å². The number of halogens is 1. The Morgan fingerprint density at radius 3 is 2.29 bits per heavy atom. The lowest BCUT2D eigenvalue weighted by molar-refractivity contribution is -0.132. The molecule has 1 aliphatic heterocycles. The molecule has 49 heavy (non-hydrogen) atoms. The number of hydrogen-bond donors (Lipinski definition) is 1. The summed E-state index contributed by atoms with van der Waals surface area (Å²) in [6, 6.07) is 27.3. The second kappa shape index (κ2) is 15.5. The minimum atomic E-state index is -0.987. The third-order valence-electron chi connectivity index (χ3n) is 8.10. The highest BCUT2D eigenvalue weighted by Gasteiger charge is 2.48. The molecule has 1 fully saturated rings. The SMILES string of the molecule is CCCCOc1ccc(C2C(=C(O)c3ccc(OCc4ccccc4C)cc3)C(=O)C(=O)N2c2nnc(SCc3ccccc3F)s2)cc1. The maximum absolute atomic E-state index is 14.2. The van der Waals surface area contributed by atoms with Crippen molar-refractivity contribution in [3.05, 3.63) is 136 Å². The van der Waals surface area contributed by atoms with Gasteiger partial charge in [-0.2, -0.15) is 0 Å². The Balaban J connectivity index is 1.30. The number of nitrogens with zero attached hydrogens (tertiary/aromatic N) is 3. The Morgan fingerprint density at radius 1 is 0.898 bits per heavy atom. The van der Waals surface area contributed by atoms with Crippen molar-refractivity contribution in [1.82, 2.24) is 10.2 Å². The summed E-state index contributed by atoms with van der Waals surface area (Å²) in [6.07, 6.45) is 1.90. The molecule has 0 aliphatic carbocycles. The second-order valence-corrected chi connectivity index (χ2v) is 13.6. The average molecular weight is 696 g/mol. The number of unbranched alkanes of at least 4 members (excludes halogenated alkanes) is 1. The lowest BCUT2D eigenvalue weighted by Gasteiger charge is -2.22. The Hall–Kier alpha value is -5.00. The molecular weight excluding hydrogens is 662 g/mol. The number of anilines is 1. The maximum atomic E-state index is 14.2. The Bertz CT molecular complexity index is 1980. The molecule has 1 unspecified atom stereocenters. The van der Waals surface area contributed by atoms with Crippen molar-refractivity contribution in [3.63, 3.8) is 0 Å². The molecule has 1 N–H and O–H groups in total. The fourth-order valence-electron chi connectivity index (χ4n) is 5.34. The number of ether oxygens (including phenoxy) is 2. The summed E-state index contributed by atoms with van der Waals surface area (Å²) in [5.41, 5.74) is 3.54. The summed E-state index contributed by atoms with van der Waals surface area (Å²) in [6.45, 7) is 5.05. The van der Waals surface area contributed by atoms with Gasteiger partial charge >= 0.3 is 5.91 Å². The number of benzene rings is 4. The average Bonchev–Trinajstić information content (AvgIpc) is 3.69. The Labute approximate surface area is 292 Å². The summed E-state index contributed by atoms with van der Waals surface area (Å²) in [5.74, 6) is -0.774. The van der Waals surface area contributed by atoms with Crippen LogP contribution in [0.2, 0.25) is 0 Å². The predicted molar refractivity (Wildman–Crippen MR) is 189 cm³/mol. The van der Waals surface area contributed by atoms with E-state index in [-0.39, 0.29) is 22.3 Å². The van der Waals surface area contributed by atoms with Gasteiger partial charge in [0.05, 0.1) is 18.2 Å². The van der Waals surface area contributed by atoms with Crippen molar-refractivity contribution >= 4 is 45.7 Å². The van der Waals surface area contributed by atoms with E-state index >= 15 is 0 Å². The molecule has 0 bridgehead atoms. The zero-order chi connectivity index (χ0) is 34.3. The van der Waals surface area contributed by atoms with Gasteiger partial charge in [-0.1, -0.05) is 91.0 Å². The van der Waals surface area contributed by atoms with E-state index in [0.29, 0.717) is 51.5 Å². The van der Waals surface area contributed by atoms with Gasteiger partial charge in [0.1, 0.15) is 29.7 Å². The largest absolute Gasteiger partial charge is 0.507 e. The minimum Gasteiger partial charge on any atom is -0.507 e. The molecule has 5 aromatic rings. The lowest BCUT2D eigenvalue weighted by atomic mass is 9.95. The third kappa shape index (κ3) is 7.68. The van der Waals surface area contributed by atoms with Crippen LogP contribution in [0.25, 0.3) is 5.76 Å². The van der Waals surface area contributed by atoms with Crippen molar-refractivity contribution in [2.45, 2.75) is 49.4 Å². The van der Waals surface area contributed by atoms with Crippen molar-refractivity contribution in [2.24, 2.45) is 0 Å². The number of Topliss-reactive ketones (excluding diaryl/α,β-unsaturated/α-hetero) is 1. The van der Waals surface area contributed by atoms with Crippen LogP contribution in [0, 0.1) is 12.7 Å². The molecule has 1 aromatic heterocycles. The zero-order valence-corrected chi connectivity index (χ0v) is 28.6. The van der Waals surface area contributed by atoms with E-state index in [2.05, 4.69) is 17.1 Å². The Morgan fingerprint density at radius 2 is 1.57 bits per heavy atom. The van der Waals surface area contributed by atoms with Crippen LogP contribution < -0.4 is 14.4 Å². The smallest absolute Gasteiger partial charge is 0.301 e. The van der Waals surface area contributed by atoms with Gasteiger partial charge in [0.25, 0.3) is 5.78 Å². The number of hydrogen-bond acceptors (Lipinski definition) is 9. The monoisotopic (exact) mass is 695 g/mol. The third-order valence-corrected chi connectivity index (χ3v) is 10.2. The minimum absolute atomic E-state index is 0.0750. The van der Waals surface area contributed by atoms with Gasteiger partial charge in [-0.15, -0.1) is 10.2 Å². The van der Waals surface area contributed by atoms with Crippen LogP contribution in [-0.2, 0) is 21.9 Å². The number of aliphatic hydroxyl groups is 1. The number of rotatable bonds is 13. The molecule has 0 spiro atoms. The second-order valence-electron chi connectivity index (χ2n) is 11.4. The van der Waals surface area contributed by atoms with Crippen LogP contribution >= 0.6 is 23.1 Å². The number of aryl methyl sites for hydroxylation is 1. The van der Waals surface area contributed by atoms with Crippen LogP contribution in [0.1, 0.15) is 53.6 Å². The highest BCUT2D eigenvalue weighted by atomic mass is 32.2. The number of amides is 1. The van der Waals surface area contributed by atoms with Gasteiger partial charge in [0.15, 0.2) is 4.34 Å². The van der Waals surface area contributed by atoms with Gasteiger partial charge in [-0.25, -0.2) is 4.39 Å². The van der Waals surface area contributed by atoms with Gasteiger partial charge in [-0.05, 0) is 78.1 Å². The molecule has 1 atom stereocenters. The summed E-state index contributed by atoms with van der Waals surface area (Å²) in [7, 11) is 0. The number of carbonyl (C=O) groups excluding carboxylic acids is 2. The summed E-state index contributed by atoms with van der Waals surface area (Å²) in [5, 5.41) is 20.3. The van der Waals surface area contributed by atoms with E-state index in [1.54, 1.807) is 66.7 Å². The molecule has 4 aromatic carbocycles. The highest BCUT2D eigenvalue weighted by Crippen LogP contribution is 2.44. The molecule has 250 valence electrons. The molecule has 0 saturated carbocycles. The summed E-state index contributed by atoms with van der Waals surface area (Å²) >= 11 is 2.40. The standard InChI is InChI=1S/C38H34FN3O5S2/c1-3-4-21-46-29-17-13-25(14-18-29)33-32(34(43)26-15-19-30(20-16-26)47-22-27-10-6-5-9-24(27)2)35(44)36(45)42(33)37-40-41-38(49-37)48-23-28-11-7-8-12-31(28)39/h5-20,33,43H,3-4,21-23H2,1-2H3. The number of ketones is 1. The molecule has 2 heterocycles. The fraction of sp³-hybridized carbons (Fsp3) is 0.211. The summed E-state index contributed by atoms with van der Waals surface area (Å²) in [4.78, 5) is 28.6. The number of carbonyl (C=O) groups is 2. The van der Waals surface area contributed by atoms with E-state index in [1.165, 1.54) is 22.7 Å². The molecule has 1 saturated heterocycles. The van der Waals surface area contributed by atoms with Crippen molar-refractivity contribution in [2.75, 3.05) is 11.5 Å². The molecular formula is C38H34FN3O5S2. The molecule has 8 nitrogen and oxygen atoms in total. The lowest BCUT2D eigenvalue weighted by Crippen LogP contribution is -2.29. The van der Waals surface area contributed by atoms with E-state index in [4.69, 9.17) is 9.47 Å². The fourth-order valence-corrected chi connectivity index (χ4v) is 7.19. The first-order chi connectivity index (χ1) is 23.8. The number of aliphatic hydroxyl groups excluding tert-OH is 1. The van der Waals surface area contributed by atoms with E-state index in [0.717, 1.165) is 35.3 Å². The molecule has 11 heteroatoms. The summed E-state index contributed by atoms with van der Waals surface area (Å²) < 4.78 is 26.5. The van der Waals surface area contributed by atoms with E-state index < -0.39 is 17.7 Å².